The van der Waals surface area contributed by atoms with E-state index in [1.165, 1.54) is 12.8 Å². The van der Waals surface area contributed by atoms with E-state index in [1.807, 2.05) is 13.0 Å². The number of benzene rings is 1. The first-order valence-corrected chi connectivity index (χ1v) is 5.21. The Hall–Kier alpha value is -0.890. The Morgan fingerprint density at radius 2 is 2.14 bits per heavy atom. The highest BCUT2D eigenvalue weighted by atomic mass is 19.1. The molecule has 1 aromatic rings. The third-order valence-electron chi connectivity index (χ3n) is 2.56. The maximum absolute atomic E-state index is 13.0. The Balaban J connectivity index is 1.87. The van der Waals surface area contributed by atoms with Crippen LogP contribution in [0.2, 0.25) is 0 Å². The van der Waals surface area contributed by atoms with Crippen molar-refractivity contribution >= 4 is 0 Å². The van der Waals surface area contributed by atoms with Gasteiger partial charge in [0.05, 0.1) is 0 Å². The molecule has 14 heavy (non-hydrogen) atoms. The Labute approximate surface area is 84.3 Å². The van der Waals surface area contributed by atoms with Gasteiger partial charge in [-0.2, -0.15) is 0 Å². The van der Waals surface area contributed by atoms with Crippen molar-refractivity contribution in [3.8, 4) is 0 Å². The second-order valence-electron chi connectivity index (χ2n) is 4.21. The quantitative estimate of drug-likeness (QED) is 0.775. The molecule has 76 valence electrons. The third-order valence-corrected chi connectivity index (χ3v) is 2.56. The summed E-state index contributed by atoms with van der Waals surface area (Å²) in [5, 5.41) is 3.35. The van der Waals surface area contributed by atoms with Gasteiger partial charge >= 0.3 is 0 Å². The molecule has 0 amide bonds. The lowest BCUT2D eigenvalue weighted by Crippen LogP contribution is -2.16. The van der Waals surface area contributed by atoms with E-state index in [-0.39, 0.29) is 5.82 Å². The van der Waals surface area contributed by atoms with Gasteiger partial charge in [-0.1, -0.05) is 6.07 Å². The van der Waals surface area contributed by atoms with Crippen LogP contribution in [0.1, 0.15) is 24.0 Å². The van der Waals surface area contributed by atoms with Gasteiger partial charge in [0.2, 0.25) is 0 Å². The fourth-order valence-electron chi connectivity index (χ4n) is 1.66. The second-order valence-corrected chi connectivity index (χ2v) is 4.21. The van der Waals surface area contributed by atoms with Crippen LogP contribution in [0, 0.1) is 18.7 Å². The molecule has 1 aromatic carbocycles. The largest absolute Gasteiger partial charge is 0.312 e. The summed E-state index contributed by atoms with van der Waals surface area (Å²) in [7, 11) is 0. The van der Waals surface area contributed by atoms with Gasteiger partial charge in [0, 0.05) is 6.54 Å². The predicted octanol–water partition coefficient (Wildman–Crippen LogP) is 2.63. The molecule has 1 aliphatic rings. The summed E-state index contributed by atoms with van der Waals surface area (Å²) >= 11 is 0. The Morgan fingerprint density at radius 3 is 2.79 bits per heavy atom. The van der Waals surface area contributed by atoms with Crippen molar-refractivity contribution in [2.45, 2.75) is 26.3 Å². The van der Waals surface area contributed by atoms with E-state index in [2.05, 4.69) is 5.32 Å². The van der Waals surface area contributed by atoms with Crippen molar-refractivity contribution < 1.29 is 4.39 Å². The standard InChI is InChI=1S/C12H16FN/c1-9-4-11(6-12(13)5-9)8-14-7-10-2-3-10/h4-6,10,14H,2-3,7-8H2,1H3. The van der Waals surface area contributed by atoms with Crippen molar-refractivity contribution in [2.75, 3.05) is 6.54 Å². The molecule has 0 bridgehead atoms. The van der Waals surface area contributed by atoms with Crippen LogP contribution in [0.4, 0.5) is 4.39 Å². The molecule has 0 spiro atoms. The molecule has 0 saturated heterocycles. The molecule has 0 unspecified atom stereocenters. The molecule has 1 N–H and O–H groups in total. The van der Waals surface area contributed by atoms with Gasteiger partial charge in [-0.25, -0.2) is 4.39 Å². The minimum absolute atomic E-state index is 0.131. The van der Waals surface area contributed by atoms with Crippen LogP contribution in [0.15, 0.2) is 18.2 Å². The Kier molecular flexibility index (Phi) is 2.82. The van der Waals surface area contributed by atoms with E-state index in [0.717, 1.165) is 30.1 Å². The van der Waals surface area contributed by atoms with E-state index < -0.39 is 0 Å². The predicted molar refractivity (Wildman–Crippen MR) is 55.6 cm³/mol. The first kappa shape index (κ1) is 9.66. The molecule has 0 radical (unpaired) electrons. The van der Waals surface area contributed by atoms with Gasteiger partial charge in [0.1, 0.15) is 5.82 Å². The first-order valence-electron chi connectivity index (χ1n) is 5.21. The molecule has 0 heterocycles. The zero-order valence-corrected chi connectivity index (χ0v) is 8.52. The zero-order valence-electron chi connectivity index (χ0n) is 8.52. The van der Waals surface area contributed by atoms with Gasteiger partial charge in [0.25, 0.3) is 0 Å². The van der Waals surface area contributed by atoms with Crippen molar-refractivity contribution in [2.24, 2.45) is 5.92 Å². The van der Waals surface area contributed by atoms with Crippen LogP contribution in [-0.4, -0.2) is 6.54 Å². The lowest BCUT2D eigenvalue weighted by molar-refractivity contribution is 0.611. The summed E-state index contributed by atoms with van der Waals surface area (Å²) in [5.41, 5.74) is 2.04. The Morgan fingerprint density at radius 1 is 1.36 bits per heavy atom. The van der Waals surface area contributed by atoms with Crippen LogP contribution in [0.3, 0.4) is 0 Å². The van der Waals surface area contributed by atoms with Crippen molar-refractivity contribution in [3.63, 3.8) is 0 Å². The normalized spacial score (nSPS) is 15.9. The van der Waals surface area contributed by atoms with E-state index in [1.54, 1.807) is 12.1 Å². The van der Waals surface area contributed by atoms with Crippen LogP contribution in [0.25, 0.3) is 0 Å². The van der Waals surface area contributed by atoms with Crippen molar-refractivity contribution in [3.05, 3.63) is 35.1 Å². The van der Waals surface area contributed by atoms with E-state index in [0.29, 0.717) is 0 Å². The highest BCUT2D eigenvalue weighted by Crippen LogP contribution is 2.27. The molecule has 2 heteroatoms. The number of nitrogens with one attached hydrogen (secondary N) is 1. The molecule has 1 aliphatic carbocycles. The Bertz CT molecular complexity index is 298. The molecule has 0 aliphatic heterocycles. The molecule has 1 fully saturated rings. The summed E-state index contributed by atoms with van der Waals surface area (Å²) in [5.74, 6) is 0.748. The number of aryl methyl sites for hydroxylation is 1. The maximum atomic E-state index is 13.0. The average molecular weight is 193 g/mol. The third kappa shape index (κ3) is 2.81. The lowest BCUT2D eigenvalue weighted by atomic mass is 10.1. The van der Waals surface area contributed by atoms with Crippen molar-refractivity contribution in [1.29, 1.82) is 0 Å². The summed E-state index contributed by atoms with van der Waals surface area (Å²) in [6.07, 6.45) is 2.71. The molecule has 2 rings (SSSR count). The van der Waals surface area contributed by atoms with Crippen LogP contribution in [-0.2, 0) is 6.54 Å². The average Bonchev–Trinajstić information content (AvgIpc) is 2.86. The fraction of sp³-hybridized carbons (Fsp3) is 0.500. The number of halogens is 1. The summed E-state index contributed by atoms with van der Waals surface area (Å²) in [6, 6.07) is 5.19. The van der Waals surface area contributed by atoms with Crippen LogP contribution in [0.5, 0.6) is 0 Å². The van der Waals surface area contributed by atoms with Crippen molar-refractivity contribution in [1.82, 2.24) is 5.32 Å². The maximum Gasteiger partial charge on any atom is 0.123 e. The van der Waals surface area contributed by atoms with Gasteiger partial charge in [-0.05, 0) is 55.5 Å². The number of hydrogen-bond acceptors (Lipinski definition) is 1. The minimum Gasteiger partial charge on any atom is -0.312 e. The van der Waals surface area contributed by atoms with Crippen LogP contribution >= 0.6 is 0 Å². The van der Waals surface area contributed by atoms with E-state index in [4.69, 9.17) is 0 Å². The van der Waals surface area contributed by atoms with Gasteiger partial charge in [-0.15, -0.1) is 0 Å². The van der Waals surface area contributed by atoms with Gasteiger partial charge in [-0.3, -0.25) is 0 Å². The lowest BCUT2D eigenvalue weighted by Gasteiger charge is -2.05. The van der Waals surface area contributed by atoms with E-state index in [9.17, 15) is 4.39 Å². The highest BCUT2D eigenvalue weighted by molar-refractivity contribution is 5.23. The molecular weight excluding hydrogens is 177 g/mol. The molecular formula is C12H16FN. The molecule has 0 atom stereocenters. The van der Waals surface area contributed by atoms with Gasteiger partial charge < -0.3 is 5.32 Å². The highest BCUT2D eigenvalue weighted by Gasteiger charge is 2.20. The second kappa shape index (κ2) is 4.09. The molecule has 1 nitrogen and oxygen atoms in total. The summed E-state index contributed by atoms with van der Waals surface area (Å²) in [6.45, 7) is 3.79. The number of hydrogen-bond donors (Lipinski definition) is 1. The number of rotatable bonds is 4. The van der Waals surface area contributed by atoms with Crippen LogP contribution < -0.4 is 5.32 Å². The smallest absolute Gasteiger partial charge is 0.123 e. The molecule has 0 aromatic heterocycles. The fourth-order valence-corrected chi connectivity index (χ4v) is 1.66. The monoisotopic (exact) mass is 193 g/mol. The molecule has 1 saturated carbocycles. The van der Waals surface area contributed by atoms with Gasteiger partial charge in [0.15, 0.2) is 0 Å². The first-order chi connectivity index (χ1) is 6.74. The summed E-state index contributed by atoms with van der Waals surface area (Å²) in [4.78, 5) is 0. The minimum atomic E-state index is -0.131. The zero-order chi connectivity index (χ0) is 9.97. The van der Waals surface area contributed by atoms with E-state index >= 15 is 0 Å². The SMILES string of the molecule is Cc1cc(F)cc(CNCC2CC2)c1. The summed E-state index contributed by atoms with van der Waals surface area (Å²) < 4.78 is 13.0. The topological polar surface area (TPSA) is 12.0 Å².